The summed E-state index contributed by atoms with van der Waals surface area (Å²) in [4.78, 5) is 0. The highest BCUT2D eigenvalue weighted by molar-refractivity contribution is 5.85. The second-order valence-electron chi connectivity index (χ2n) is 3.05. The van der Waals surface area contributed by atoms with Crippen LogP contribution in [0.25, 0.3) is 0 Å². The Morgan fingerprint density at radius 3 is 3.00 bits per heavy atom. The zero-order valence-corrected chi connectivity index (χ0v) is 8.79. The summed E-state index contributed by atoms with van der Waals surface area (Å²) in [5, 5.41) is 8.54. The van der Waals surface area contributed by atoms with E-state index in [2.05, 4.69) is 0 Å². The third-order valence-electron chi connectivity index (χ3n) is 2.14. The predicted octanol–water partition coefficient (Wildman–Crippen LogP) is 1.75. The highest BCUT2D eigenvalue weighted by Gasteiger charge is 2.20. The number of benzene rings is 1. The van der Waals surface area contributed by atoms with Gasteiger partial charge in [0, 0.05) is 11.6 Å². The van der Waals surface area contributed by atoms with E-state index in [-0.39, 0.29) is 31.7 Å². The number of ether oxygens (including phenoxy) is 2. The molecule has 1 aliphatic heterocycles. The van der Waals surface area contributed by atoms with E-state index in [1.165, 1.54) is 0 Å². The van der Waals surface area contributed by atoms with E-state index in [0.29, 0.717) is 11.5 Å². The van der Waals surface area contributed by atoms with Crippen LogP contribution < -0.4 is 15.2 Å². The monoisotopic (exact) mass is 226 g/mol. The van der Waals surface area contributed by atoms with Gasteiger partial charge in [0.1, 0.15) is 0 Å². The summed E-state index contributed by atoms with van der Waals surface area (Å²) in [6, 6.07) is 7.26. The first kappa shape index (κ1) is 11.6. The molecule has 2 N–H and O–H groups in total. The largest absolute Gasteiger partial charge is 0.454 e. The number of nitriles is 1. The summed E-state index contributed by atoms with van der Waals surface area (Å²) in [7, 11) is 0. The number of rotatable bonds is 2. The van der Waals surface area contributed by atoms with Crippen LogP contribution in [0.5, 0.6) is 11.5 Å². The van der Waals surface area contributed by atoms with Gasteiger partial charge in [-0.15, -0.1) is 12.4 Å². The van der Waals surface area contributed by atoms with Gasteiger partial charge in [0.15, 0.2) is 11.5 Å². The zero-order chi connectivity index (χ0) is 9.97. The average Bonchev–Trinajstić information content (AvgIpc) is 2.65. The van der Waals surface area contributed by atoms with Gasteiger partial charge >= 0.3 is 0 Å². The molecule has 0 bridgehead atoms. The van der Waals surface area contributed by atoms with Crippen LogP contribution in [0.2, 0.25) is 0 Å². The minimum atomic E-state index is -0.309. The van der Waals surface area contributed by atoms with Crippen LogP contribution in [0.15, 0.2) is 18.2 Å². The molecule has 15 heavy (non-hydrogen) atoms. The van der Waals surface area contributed by atoms with Crippen LogP contribution in [-0.2, 0) is 0 Å². The highest BCUT2D eigenvalue weighted by atomic mass is 35.5. The Morgan fingerprint density at radius 2 is 2.27 bits per heavy atom. The van der Waals surface area contributed by atoms with E-state index in [1.807, 2.05) is 24.3 Å². The quantitative estimate of drug-likeness (QED) is 0.834. The van der Waals surface area contributed by atoms with E-state index in [0.717, 1.165) is 5.56 Å². The van der Waals surface area contributed by atoms with Crippen LogP contribution in [0.4, 0.5) is 0 Å². The lowest BCUT2D eigenvalue weighted by Gasteiger charge is -2.10. The normalized spacial score (nSPS) is 13.9. The Hall–Kier alpha value is -1.44. The van der Waals surface area contributed by atoms with Gasteiger partial charge in [-0.3, -0.25) is 0 Å². The minimum Gasteiger partial charge on any atom is -0.454 e. The highest BCUT2D eigenvalue weighted by Crippen LogP contribution is 2.38. The molecule has 5 heteroatoms. The Kier molecular flexibility index (Phi) is 3.78. The number of nitrogens with two attached hydrogens (primary N) is 1. The zero-order valence-electron chi connectivity index (χ0n) is 7.97. The fourth-order valence-corrected chi connectivity index (χ4v) is 1.45. The molecule has 0 fully saturated rings. The van der Waals surface area contributed by atoms with Crippen molar-refractivity contribution in [2.45, 2.75) is 12.5 Å². The SMILES string of the molecule is Cl.N#CC[C@@H](N)c1cccc2c1OCO2. The molecule has 1 aromatic carbocycles. The Labute approximate surface area is 94.0 Å². The molecule has 0 radical (unpaired) electrons. The summed E-state index contributed by atoms with van der Waals surface area (Å²) in [6.45, 7) is 0.228. The Bertz CT molecular complexity index is 389. The first-order valence-electron chi connectivity index (χ1n) is 4.34. The average molecular weight is 227 g/mol. The number of hydrogen-bond donors (Lipinski definition) is 1. The van der Waals surface area contributed by atoms with Gasteiger partial charge in [0.05, 0.1) is 12.5 Å². The minimum absolute atomic E-state index is 0. The molecule has 1 atom stereocenters. The van der Waals surface area contributed by atoms with Crippen molar-refractivity contribution in [2.24, 2.45) is 5.73 Å². The van der Waals surface area contributed by atoms with Crippen LogP contribution in [0.1, 0.15) is 18.0 Å². The lowest BCUT2D eigenvalue weighted by atomic mass is 10.0. The van der Waals surface area contributed by atoms with Crippen molar-refractivity contribution >= 4 is 12.4 Å². The van der Waals surface area contributed by atoms with Crippen LogP contribution in [0, 0.1) is 11.3 Å². The molecular formula is C10H11ClN2O2. The second-order valence-corrected chi connectivity index (χ2v) is 3.05. The lowest BCUT2D eigenvalue weighted by Crippen LogP contribution is -2.10. The molecule has 0 spiro atoms. The number of nitrogens with zero attached hydrogens (tertiary/aromatic N) is 1. The van der Waals surface area contributed by atoms with Crippen molar-refractivity contribution in [1.29, 1.82) is 5.26 Å². The molecule has 1 aliphatic rings. The van der Waals surface area contributed by atoms with Gasteiger partial charge in [-0.05, 0) is 6.07 Å². The third kappa shape index (κ3) is 2.14. The molecule has 0 aliphatic carbocycles. The van der Waals surface area contributed by atoms with Gasteiger partial charge in [0.2, 0.25) is 6.79 Å². The fourth-order valence-electron chi connectivity index (χ4n) is 1.45. The molecule has 1 aromatic rings. The topological polar surface area (TPSA) is 68.3 Å². The Balaban J connectivity index is 0.00000112. The van der Waals surface area contributed by atoms with E-state index in [4.69, 9.17) is 20.5 Å². The Morgan fingerprint density at radius 1 is 1.47 bits per heavy atom. The smallest absolute Gasteiger partial charge is 0.231 e. The maximum absolute atomic E-state index is 8.54. The van der Waals surface area contributed by atoms with Crippen molar-refractivity contribution in [2.75, 3.05) is 6.79 Å². The van der Waals surface area contributed by atoms with Crippen molar-refractivity contribution in [3.63, 3.8) is 0 Å². The van der Waals surface area contributed by atoms with E-state index >= 15 is 0 Å². The molecule has 0 amide bonds. The van der Waals surface area contributed by atoms with Crippen LogP contribution >= 0.6 is 12.4 Å². The molecule has 80 valence electrons. The standard InChI is InChI=1S/C10H10N2O2.ClH/c11-5-4-8(12)7-2-1-3-9-10(7)14-6-13-9;/h1-3,8H,4,6,12H2;1H/t8-;/m1./s1. The van der Waals surface area contributed by atoms with E-state index < -0.39 is 0 Å². The van der Waals surface area contributed by atoms with Gasteiger partial charge in [-0.2, -0.15) is 5.26 Å². The first-order valence-corrected chi connectivity index (χ1v) is 4.34. The van der Waals surface area contributed by atoms with Gasteiger partial charge in [0.25, 0.3) is 0 Å². The van der Waals surface area contributed by atoms with Crippen LogP contribution in [-0.4, -0.2) is 6.79 Å². The molecule has 0 saturated carbocycles. The van der Waals surface area contributed by atoms with Gasteiger partial charge in [-0.1, -0.05) is 12.1 Å². The van der Waals surface area contributed by atoms with Gasteiger partial charge < -0.3 is 15.2 Å². The van der Waals surface area contributed by atoms with Gasteiger partial charge in [-0.25, -0.2) is 0 Å². The molecular weight excluding hydrogens is 216 g/mol. The maximum Gasteiger partial charge on any atom is 0.231 e. The maximum atomic E-state index is 8.54. The molecule has 0 unspecified atom stereocenters. The lowest BCUT2D eigenvalue weighted by molar-refractivity contribution is 0.173. The fraction of sp³-hybridized carbons (Fsp3) is 0.300. The van der Waals surface area contributed by atoms with Crippen molar-refractivity contribution in [1.82, 2.24) is 0 Å². The number of hydrogen-bond acceptors (Lipinski definition) is 4. The summed E-state index contributed by atoms with van der Waals surface area (Å²) < 4.78 is 10.5. The second kappa shape index (κ2) is 4.87. The summed E-state index contributed by atoms with van der Waals surface area (Å²) >= 11 is 0. The predicted molar refractivity (Wildman–Crippen MR) is 57.0 cm³/mol. The summed E-state index contributed by atoms with van der Waals surface area (Å²) in [5.41, 5.74) is 6.66. The molecule has 0 saturated heterocycles. The van der Waals surface area contributed by atoms with Crippen molar-refractivity contribution in [3.8, 4) is 17.6 Å². The number of para-hydroxylation sites is 1. The van der Waals surface area contributed by atoms with Crippen molar-refractivity contribution < 1.29 is 9.47 Å². The summed E-state index contributed by atoms with van der Waals surface area (Å²) in [6.07, 6.45) is 0.278. The molecule has 4 nitrogen and oxygen atoms in total. The molecule has 0 aromatic heterocycles. The van der Waals surface area contributed by atoms with E-state index in [1.54, 1.807) is 0 Å². The van der Waals surface area contributed by atoms with E-state index in [9.17, 15) is 0 Å². The molecule has 1 heterocycles. The number of halogens is 1. The first-order chi connectivity index (χ1) is 6.83. The van der Waals surface area contributed by atoms with Crippen LogP contribution in [0.3, 0.4) is 0 Å². The summed E-state index contributed by atoms with van der Waals surface area (Å²) in [5.74, 6) is 1.38. The number of fused-ring (bicyclic) bond motifs is 1. The molecule has 2 rings (SSSR count). The third-order valence-corrected chi connectivity index (χ3v) is 2.14. The van der Waals surface area contributed by atoms with Crippen molar-refractivity contribution in [3.05, 3.63) is 23.8 Å².